The van der Waals surface area contributed by atoms with E-state index in [9.17, 15) is 0 Å². The van der Waals surface area contributed by atoms with Crippen molar-refractivity contribution < 1.29 is 9.47 Å². The van der Waals surface area contributed by atoms with Crippen molar-refractivity contribution in [3.05, 3.63) is 23.6 Å². The maximum atomic E-state index is 5.80. The number of nitrogen functional groups attached to an aromatic ring is 1. The monoisotopic (exact) mass is 276 g/mol. The van der Waals surface area contributed by atoms with Crippen LogP contribution in [0.1, 0.15) is 0 Å². The van der Waals surface area contributed by atoms with Crippen LogP contribution in [0, 0.1) is 0 Å². The third-order valence-corrected chi connectivity index (χ3v) is 3.59. The third kappa shape index (κ3) is 1.88. The summed E-state index contributed by atoms with van der Waals surface area (Å²) in [6.07, 6.45) is 0. The molecule has 0 radical (unpaired) electrons. The van der Waals surface area contributed by atoms with Gasteiger partial charge in [-0.15, -0.1) is 16.4 Å². The molecule has 0 aliphatic heterocycles. The van der Waals surface area contributed by atoms with E-state index in [0.717, 1.165) is 16.3 Å². The van der Waals surface area contributed by atoms with Crippen molar-refractivity contribution in [2.24, 2.45) is 0 Å². The highest BCUT2D eigenvalue weighted by Gasteiger charge is 2.14. The van der Waals surface area contributed by atoms with Gasteiger partial charge in [0.05, 0.1) is 19.8 Å². The van der Waals surface area contributed by atoms with E-state index in [2.05, 4.69) is 10.1 Å². The predicted molar refractivity (Wildman–Crippen MR) is 73.8 cm³/mol. The SMILES string of the molecule is COc1ccc(-c2nc3scc(N)n3n2)c(OC)c1. The first-order valence-electron chi connectivity index (χ1n) is 5.55. The molecule has 0 atom stereocenters. The number of hydrogen-bond donors (Lipinski definition) is 1. The predicted octanol–water partition coefficient (Wildman–Crippen LogP) is 2.06. The lowest BCUT2D eigenvalue weighted by Crippen LogP contribution is -1.94. The summed E-state index contributed by atoms with van der Waals surface area (Å²) in [4.78, 5) is 5.19. The number of benzene rings is 1. The number of methoxy groups -OCH3 is 2. The zero-order valence-corrected chi connectivity index (χ0v) is 11.3. The number of anilines is 1. The number of nitrogens with zero attached hydrogens (tertiary/aromatic N) is 3. The molecule has 2 heterocycles. The first-order valence-corrected chi connectivity index (χ1v) is 6.43. The summed E-state index contributed by atoms with van der Waals surface area (Å²) in [6.45, 7) is 0. The number of fused-ring (bicyclic) bond motifs is 1. The molecular formula is C12H12N4O2S. The van der Waals surface area contributed by atoms with Gasteiger partial charge in [0.2, 0.25) is 4.96 Å². The molecule has 0 spiro atoms. The topological polar surface area (TPSA) is 74.7 Å². The second-order valence-electron chi connectivity index (χ2n) is 3.86. The van der Waals surface area contributed by atoms with E-state index in [1.54, 1.807) is 24.8 Å². The Hall–Kier alpha value is -2.28. The summed E-state index contributed by atoms with van der Waals surface area (Å²) in [5.74, 6) is 2.54. The second-order valence-corrected chi connectivity index (χ2v) is 4.69. The normalized spacial score (nSPS) is 10.8. The Bertz CT molecular complexity index is 734. The van der Waals surface area contributed by atoms with Crippen molar-refractivity contribution in [3.63, 3.8) is 0 Å². The van der Waals surface area contributed by atoms with E-state index in [-0.39, 0.29) is 0 Å². The standard InChI is InChI=1S/C12H12N4O2S/c1-17-7-3-4-8(9(5-7)18-2)11-14-12-16(15-11)10(13)6-19-12/h3-6H,13H2,1-2H3. The molecule has 1 aromatic carbocycles. The van der Waals surface area contributed by atoms with Gasteiger partial charge in [0, 0.05) is 11.4 Å². The van der Waals surface area contributed by atoms with Gasteiger partial charge in [-0.3, -0.25) is 0 Å². The van der Waals surface area contributed by atoms with Crippen molar-refractivity contribution in [2.45, 2.75) is 0 Å². The molecule has 7 heteroatoms. The summed E-state index contributed by atoms with van der Waals surface area (Å²) in [6, 6.07) is 5.51. The smallest absolute Gasteiger partial charge is 0.214 e. The fourth-order valence-corrected chi connectivity index (χ4v) is 2.51. The molecule has 0 fully saturated rings. The third-order valence-electron chi connectivity index (χ3n) is 2.76. The fourth-order valence-electron chi connectivity index (χ4n) is 1.80. The number of hydrogen-bond acceptors (Lipinski definition) is 6. The lowest BCUT2D eigenvalue weighted by Gasteiger charge is -2.07. The van der Waals surface area contributed by atoms with Crippen LogP contribution in [0.15, 0.2) is 23.6 Å². The molecule has 0 saturated heterocycles. The Morgan fingerprint density at radius 2 is 2.11 bits per heavy atom. The van der Waals surface area contributed by atoms with Crippen LogP contribution in [-0.2, 0) is 0 Å². The van der Waals surface area contributed by atoms with Crippen LogP contribution in [-0.4, -0.2) is 28.8 Å². The van der Waals surface area contributed by atoms with Gasteiger partial charge >= 0.3 is 0 Å². The highest BCUT2D eigenvalue weighted by Crippen LogP contribution is 2.32. The molecule has 0 unspecified atom stereocenters. The van der Waals surface area contributed by atoms with E-state index in [4.69, 9.17) is 15.2 Å². The Morgan fingerprint density at radius 1 is 1.26 bits per heavy atom. The molecular weight excluding hydrogens is 264 g/mol. The summed E-state index contributed by atoms with van der Waals surface area (Å²) < 4.78 is 12.1. The van der Waals surface area contributed by atoms with Gasteiger partial charge in [-0.1, -0.05) is 0 Å². The van der Waals surface area contributed by atoms with Gasteiger partial charge in [0.25, 0.3) is 0 Å². The number of rotatable bonds is 3. The lowest BCUT2D eigenvalue weighted by molar-refractivity contribution is 0.395. The van der Waals surface area contributed by atoms with E-state index >= 15 is 0 Å². The minimum atomic E-state index is 0.575. The van der Waals surface area contributed by atoms with Crippen LogP contribution in [0.3, 0.4) is 0 Å². The Morgan fingerprint density at radius 3 is 2.79 bits per heavy atom. The highest BCUT2D eigenvalue weighted by molar-refractivity contribution is 7.15. The van der Waals surface area contributed by atoms with Crippen LogP contribution < -0.4 is 15.2 Å². The summed E-state index contributed by atoms with van der Waals surface area (Å²) >= 11 is 1.45. The maximum absolute atomic E-state index is 5.80. The van der Waals surface area contributed by atoms with Crippen molar-refractivity contribution >= 4 is 22.1 Å². The zero-order valence-electron chi connectivity index (χ0n) is 10.5. The molecule has 0 amide bonds. The molecule has 98 valence electrons. The van der Waals surface area contributed by atoms with Crippen molar-refractivity contribution in [3.8, 4) is 22.9 Å². The van der Waals surface area contributed by atoms with Crippen LogP contribution in [0.2, 0.25) is 0 Å². The molecule has 0 saturated carbocycles. The minimum Gasteiger partial charge on any atom is -0.497 e. The van der Waals surface area contributed by atoms with E-state index < -0.39 is 0 Å². The van der Waals surface area contributed by atoms with Gasteiger partial charge < -0.3 is 15.2 Å². The molecule has 2 N–H and O–H groups in total. The first kappa shape index (κ1) is 11.8. The molecule has 0 aliphatic rings. The first-order chi connectivity index (χ1) is 9.22. The van der Waals surface area contributed by atoms with Gasteiger partial charge in [-0.05, 0) is 12.1 Å². The molecule has 3 aromatic rings. The van der Waals surface area contributed by atoms with Crippen LogP contribution in [0.5, 0.6) is 11.5 Å². The van der Waals surface area contributed by atoms with Crippen molar-refractivity contribution in [1.82, 2.24) is 14.6 Å². The zero-order chi connectivity index (χ0) is 13.4. The molecule has 3 rings (SSSR count). The molecule has 2 aromatic heterocycles. The number of ether oxygens (including phenoxy) is 2. The number of nitrogens with two attached hydrogens (primary N) is 1. The summed E-state index contributed by atoms with van der Waals surface area (Å²) in [7, 11) is 3.21. The quantitative estimate of drug-likeness (QED) is 0.792. The summed E-state index contributed by atoms with van der Waals surface area (Å²) in [5.41, 5.74) is 6.61. The van der Waals surface area contributed by atoms with Crippen LogP contribution >= 0.6 is 11.3 Å². The largest absolute Gasteiger partial charge is 0.497 e. The second kappa shape index (κ2) is 4.43. The summed E-state index contributed by atoms with van der Waals surface area (Å²) in [5, 5.41) is 6.19. The molecule has 6 nitrogen and oxygen atoms in total. The van der Waals surface area contributed by atoms with Crippen molar-refractivity contribution in [1.29, 1.82) is 0 Å². The molecule has 19 heavy (non-hydrogen) atoms. The van der Waals surface area contributed by atoms with Gasteiger partial charge in [0.1, 0.15) is 17.3 Å². The van der Waals surface area contributed by atoms with Crippen molar-refractivity contribution in [2.75, 3.05) is 20.0 Å². The average molecular weight is 276 g/mol. The maximum Gasteiger partial charge on any atom is 0.214 e. The lowest BCUT2D eigenvalue weighted by atomic mass is 10.2. The van der Waals surface area contributed by atoms with E-state index in [1.165, 1.54) is 11.3 Å². The molecule has 0 aliphatic carbocycles. The Kier molecular flexibility index (Phi) is 2.75. The highest BCUT2D eigenvalue weighted by atomic mass is 32.1. The fraction of sp³-hybridized carbons (Fsp3) is 0.167. The average Bonchev–Trinajstić information content (AvgIpc) is 3.00. The van der Waals surface area contributed by atoms with E-state index in [1.807, 2.05) is 17.5 Å². The number of thiazole rings is 1. The van der Waals surface area contributed by atoms with Gasteiger partial charge in [-0.25, -0.2) is 0 Å². The Labute approximate surface area is 113 Å². The van der Waals surface area contributed by atoms with Gasteiger partial charge in [0.15, 0.2) is 5.82 Å². The van der Waals surface area contributed by atoms with Crippen LogP contribution in [0.4, 0.5) is 5.82 Å². The Balaban J connectivity index is 2.14. The van der Waals surface area contributed by atoms with Gasteiger partial charge in [-0.2, -0.15) is 9.50 Å². The minimum absolute atomic E-state index is 0.575. The number of aromatic nitrogens is 3. The molecule has 0 bridgehead atoms. The van der Waals surface area contributed by atoms with Crippen LogP contribution in [0.25, 0.3) is 16.3 Å². The van der Waals surface area contributed by atoms with E-state index in [0.29, 0.717) is 17.4 Å².